The molecule has 0 aliphatic rings. The van der Waals surface area contributed by atoms with E-state index in [0.29, 0.717) is 0 Å². The molecule has 1 heterocycles. The van der Waals surface area contributed by atoms with Gasteiger partial charge in [-0.3, -0.25) is 0 Å². The van der Waals surface area contributed by atoms with Gasteiger partial charge in [-0.1, -0.05) is 19.0 Å². The van der Waals surface area contributed by atoms with Crippen molar-refractivity contribution < 1.29 is 9.63 Å². The van der Waals surface area contributed by atoms with Gasteiger partial charge >= 0.3 is 5.95 Å². The van der Waals surface area contributed by atoms with Gasteiger partial charge < -0.3 is 9.63 Å². The molecule has 0 saturated heterocycles. The van der Waals surface area contributed by atoms with Crippen molar-refractivity contribution in [2.45, 2.75) is 19.8 Å². The third-order valence-electron chi connectivity index (χ3n) is 1.20. The molecule has 0 aliphatic heterocycles. The molecule has 0 amide bonds. The van der Waals surface area contributed by atoms with Crippen LogP contribution in [-0.2, 0) is 0 Å². The highest BCUT2D eigenvalue weighted by molar-refractivity contribution is 5.20. The maximum Gasteiger partial charge on any atom is 0.312 e. The lowest BCUT2D eigenvalue weighted by atomic mass is 10.1. The van der Waals surface area contributed by atoms with E-state index in [0.717, 1.165) is 5.56 Å². The van der Waals surface area contributed by atoms with Crippen LogP contribution in [0.25, 0.3) is 0 Å². The SMILES string of the molecule is CC(C)c1cnoc1O. The second kappa shape index (κ2) is 2.09. The fourth-order valence-electron chi connectivity index (χ4n) is 0.637. The summed E-state index contributed by atoms with van der Waals surface area (Å²) in [5.41, 5.74) is 0.759. The van der Waals surface area contributed by atoms with Crippen LogP contribution in [0.5, 0.6) is 5.95 Å². The molecular formula is C6H9NO2. The Morgan fingerprint density at radius 1 is 1.67 bits per heavy atom. The number of nitrogens with zero attached hydrogens (tertiary/aromatic N) is 1. The molecule has 0 fully saturated rings. The summed E-state index contributed by atoms with van der Waals surface area (Å²) in [6.07, 6.45) is 1.53. The van der Waals surface area contributed by atoms with Gasteiger partial charge in [-0.15, -0.1) is 0 Å². The Morgan fingerprint density at radius 2 is 2.33 bits per heavy atom. The van der Waals surface area contributed by atoms with Gasteiger partial charge in [0.05, 0.1) is 11.8 Å². The van der Waals surface area contributed by atoms with Crippen molar-refractivity contribution >= 4 is 0 Å². The third kappa shape index (κ3) is 1.04. The topological polar surface area (TPSA) is 46.3 Å². The van der Waals surface area contributed by atoms with Crippen LogP contribution in [-0.4, -0.2) is 10.3 Å². The standard InChI is InChI=1S/C6H9NO2/c1-4(2)5-3-7-9-6(5)8/h3-4,8H,1-2H3. The van der Waals surface area contributed by atoms with E-state index in [-0.39, 0.29) is 11.9 Å². The molecule has 1 aromatic heterocycles. The molecule has 1 rings (SSSR count). The van der Waals surface area contributed by atoms with Gasteiger partial charge in [-0.2, -0.15) is 0 Å². The lowest BCUT2D eigenvalue weighted by Crippen LogP contribution is -1.81. The maximum atomic E-state index is 8.89. The van der Waals surface area contributed by atoms with Gasteiger partial charge in [0.1, 0.15) is 0 Å². The van der Waals surface area contributed by atoms with Crippen LogP contribution in [0.15, 0.2) is 10.7 Å². The van der Waals surface area contributed by atoms with Crippen LogP contribution in [0.3, 0.4) is 0 Å². The van der Waals surface area contributed by atoms with Crippen LogP contribution in [0.1, 0.15) is 25.3 Å². The Labute approximate surface area is 53.3 Å². The van der Waals surface area contributed by atoms with Crippen molar-refractivity contribution in [2.24, 2.45) is 0 Å². The lowest BCUT2D eigenvalue weighted by Gasteiger charge is -1.96. The third-order valence-corrected chi connectivity index (χ3v) is 1.20. The minimum absolute atomic E-state index is 0.0648. The Kier molecular flexibility index (Phi) is 1.42. The van der Waals surface area contributed by atoms with E-state index in [1.54, 1.807) is 0 Å². The largest absolute Gasteiger partial charge is 0.479 e. The van der Waals surface area contributed by atoms with Gasteiger partial charge in [0, 0.05) is 0 Å². The quantitative estimate of drug-likeness (QED) is 0.621. The summed E-state index contributed by atoms with van der Waals surface area (Å²) in [4.78, 5) is 0. The Bertz CT molecular complexity index is 193. The highest BCUT2D eigenvalue weighted by Gasteiger charge is 2.08. The fraction of sp³-hybridized carbons (Fsp3) is 0.500. The summed E-state index contributed by atoms with van der Waals surface area (Å²) in [6, 6.07) is 0. The second-order valence-corrected chi connectivity index (χ2v) is 2.24. The second-order valence-electron chi connectivity index (χ2n) is 2.24. The van der Waals surface area contributed by atoms with Gasteiger partial charge in [-0.05, 0) is 5.92 Å². The number of aromatic nitrogens is 1. The first-order valence-electron chi connectivity index (χ1n) is 2.85. The van der Waals surface area contributed by atoms with Gasteiger partial charge in [0.25, 0.3) is 0 Å². The zero-order chi connectivity index (χ0) is 6.85. The smallest absolute Gasteiger partial charge is 0.312 e. The molecule has 3 nitrogen and oxygen atoms in total. The van der Waals surface area contributed by atoms with E-state index in [9.17, 15) is 0 Å². The van der Waals surface area contributed by atoms with Crippen molar-refractivity contribution in [1.29, 1.82) is 0 Å². The van der Waals surface area contributed by atoms with E-state index >= 15 is 0 Å². The molecule has 0 atom stereocenters. The molecule has 0 radical (unpaired) electrons. The van der Waals surface area contributed by atoms with Crippen LogP contribution >= 0.6 is 0 Å². The monoisotopic (exact) mass is 127 g/mol. The highest BCUT2D eigenvalue weighted by atomic mass is 16.5. The molecule has 50 valence electrons. The summed E-state index contributed by atoms with van der Waals surface area (Å²) in [7, 11) is 0. The molecule has 0 spiro atoms. The fourth-order valence-corrected chi connectivity index (χ4v) is 0.637. The summed E-state index contributed by atoms with van der Waals surface area (Å²) >= 11 is 0. The molecule has 1 aromatic rings. The van der Waals surface area contributed by atoms with Crippen molar-refractivity contribution in [2.75, 3.05) is 0 Å². The van der Waals surface area contributed by atoms with E-state index in [1.165, 1.54) is 6.20 Å². The minimum Gasteiger partial charge on any atom is -0.479 e. The summed E-state index contributed by atoms with van der Waals surface area (Å²) in [5.74, 6) is 0.209. The van der Waals surface area contributed by atoms with Gasteiger partial charge in [0.2, 0.25) is 0 Å². The number of rotatable bonds is 1. The van der Waals surface area contributed by atoms with Crippen molar-refractivity contribution in [1.82, 2.24) is 5.16 Å². The molecule has 0 aromatic carbocycles. The zero-order valence-electron chi connectivity index (χ0n) is 5.46. The first-order chi connectivity index (χ1) is 4.22. The van der Waals surface area contributed by atoms with Crippen LogP contribution in [0.2, 0.25) is 0 Å². The Hall–Kier alpha value is -0.990. The molecule has 0 saturated carbocycles. The predicted octanol–water partition coefficient (Wildman–Crippen LogP) is 1.50. The van der Waals surface area contributed by atoms with E-state index in [4.69, 9.17) is 5.11 Å². The zero-order valence-corrected chi connectivity index (χ0v) is 5.46. The summed E-state index contributed by atoms with van der Waals surface area (Å²) in [5, 5.41) is 12.3. The highest BCUT2D eigenvalue weighted by Crippen LogP contribution is 2.23. The van der Waals surface area contributed by atoms with Crippen molar-refractivity contribution in [3.63, 3.8) is 0 Å². The van der Waals surface area contributed by atoms with E-state index in [1.807, 2.05) is 13.8 Å². The Morgan fingerprint density at radius 3 is 2.56 bits per heavy atom. The lowest BCUT2D eigenvalue weighted by molar-refractivity contribution is 0.274. The van der Waals surface area contributed by atoms with Crippen LogP contribution < -0.4 is 0 Å². The predicted molar refractivity (Wildman–Crippen MR) is 32.3 cm³/mol. The number of hydrogen-bond donors (Lipinski definition) is 1. The van der Waals surface area contributed by atoms with Gasteiger partial charge in [0.15, 0.2) is 0 Å². The van der Waals surface area contributed by atoms with E-state index < -0.39 is 0 Å². The minimum atomic E-state index is -0.0648. The summed E-state index contributed by atoms with van der Waals surface area (Å²) < 4.78 is 4.43. The molecule has 9 heavy (non-hydrogen) atoms. The number of hydrogen-bond acceptors (Lipinski definition) is 3. The first-order valence-corrected chi connectivity index (χ1v) is 2.85. The molecule has 3 heteroatoms. The molecule has 0 aliphatic carbocycles. The van der Waals surface area contributed by atoms with Crippen LogP contribution in [0.4, 0.5) is 0 Å². The normalized spacial score (nSPS) is 10.6. The van der Waals surface area contributed by atoms with Crippen LogP contribution in [0, 0.1) is 0 Å². The average Bonchev–Trinajstić information content (AvgIpc) is 2.13. The first kappa shape index (κ1) is 6.13. The summed E-state index contributed by atoms with van der Waals surface area (Å²) in [6.45, 7) is 3.93. The molecular weight excluding hydrogens is 118 g/mol. The van der Waals surface area contributed by atoms with E-state index in [2.05, 4.69) is 9.68 Å². The molecule has 1 N–H and O–H groups in total. The number of aromatic hydroxyl groups is 1. The van der Waals surface area contributed by atoms with Crippen molar-refractivity contribution in [3.8, 4) is 5.95 Å². The maximum absolute atomic E-state index is 8.89. The van der Waals surface area contributed by atoms with Gasteiger partial charge in [-0.25, -0.2) is 0 Å². The Balaban J connectivity index is 2.94. The molecule has 0 unspecified atom stereocenters. The average molecular weight is 127 g/mol. The molecule has 0 bridgehead atoms. The van der Waals surface area contributed by atoms with Crippen molar-refractivity contribution in [3.05, 3.63) is 11.8 Å².